The second kappa shape index (κ2) is 41.6. The highest BCUT2D eigenvalue weighted by Crippen LogP contribution is 2.36. The van der Waals surface area contributed by atoms with Crippen molar-refractivity contribution in [1.29, 1.82) is 0 Å². The molecule has 11 aromatic heterocycles. The Hall–Kier alpha value is -18.5. The number of benzene rings is 8. The van der Waals surface area contributed by atoms with Gasteiger partial charge in [-0.2, -0.15) is 25.5 Å². The molecule has 0 fully saturated rings. The number of amides is 6. The molecule has 0 saturated heterocycles. The number of pyridine rings is 5. The summed E-state index contributed by atoms with van der Waals surface area (Å²) in [4.78, 5) is 105. The second-order valence-electron chi connectivity index (χ2n) is 36.1. The van der Waals surface area contributed by atoms with Gasteiger partial charge in [0.1, 0.15) is 40.6 Å². The van der Waals surface area contributed by atoms with Crippen molar-refractivity contribution < 1.29 is 55.1 Å². The van der Waals surface area contributed by atoms with Gasteiger partial charge in [-0.1, -0.05) is 121 Å². The van der Waals surface area contributed by atoms with Crippen molar-refractivity contribution in [2.24, 2.45) is 35.2 Å². The standard InChI is InChI=1S/C23H18FN3O.C19H16FN3O.C19H15FN2O.C18H15FN4O.2C17H14FN5O/c1-26-22-11-16(6-8-17(22)12-25-26)15-7-9-19(21(24)10-15)14-27-13-18-4-2-3-5-20(18)23(27)28;1-22-18(8-9-21-22)13-6-7-15(17(20)10-13)12-23-11-14-4-2-3-5-16(14)19(23)24;20-18-11-16(21-9-3-4-10-21)8-7-15(18)13-22-12-14-5-1-2-6-17(14)19(22)23;1-22-9-14(8-21-22)13-6-16(19)17(20-7-13)11-23-10-12-4-2-3-5-15(12)18(23)24;1-22-8-12(7-21-22)11-5-14(18)16(20-6-11)10-23-9-15-13(17(23)24)3-2-4-19-15;1-22-8-13(7-21-22)12-5-14(18)15(20-6-12)10-23-9-11-3-2-4-19-16(11)17(23)24/h2-12H,13-14H2,1H3;2-10H,11-12H2,1H3;1-11H,12-13H2;2-9H,10-11H2,1H3;2*2-8H,9-10H2,1H3. The minimum absolute atomic E-state index is 0.0329. The highest BCUT2D eigenvalue weighted by atomic mass is 19.1. The van der Waals surface area contributed by atoms with E-state index in [0.29, 0.717) is 101 Å². The Morgan fingerprint density at radius 1 is 0.272 bits per heavy atom. The molecule has 6 amide bonds. The average Bonchev–Trinajstić information content (AvgIpc) is 1.67. The molecule has 732 valence electrons. The van der Waals surface area contributed by atoms with Crippen LogP contribution in [-0.2, 0) is 114 Å². The van der Waals surface area contributed by atoms with Crippen LogP contribution in [0, 0.1) is 34.9 Å². The smallest absolute Gasteiger partial charge is 0.273 e. The van der Waals surface area contributed by atoms with Crippen LogP contribution in [-0.4, -0.2) is 143 Å². The van der Waals surface area contributed by atoms with E-state index in [1.54, 1.807) is 197 Å². The summed E-state index contributed by atoms with van der Waals surface area (Å²) in [6, 6.07) is 68.5. The molecule has 0 spiro atoms. The molecular formula is C113H92F6N22O6. The molecule has 34 heteroatoms. The highest BCUT2D eigenvalue weighted by molar-refractivity contribution is 6.01. The number of aromatic nitrogens is 16. The van der Waals surface area contributed by atoms with E-state index in [1.807, 2.05) is 189 Å². The van der Waals surface area contributed by atoms with Gasteiger partial charge in [-0.15, -0.1) is 0 Å². The molecular weight excluding hydrogens is 1880 g/mol. The molecule has 0 bridgehead atoms. The minimum Gasteiger partial charge on any atom is -0.330 e. The van der Waals surface area contributed by atoms with Crippen molar-refractivity contribution in [3.05, 3.63) is 459 Å². The third-order valence-electron chi connectivity index (χ3n) is 26.3. The lowest BCUT2D eigenvalue weighted by molar-refractivity contribution is 0.0752. The molecule has 17 heterocycles. The molecule has 25 rings (SSSR count). The van der Waals surface area contributed by atoms with Crippen molar-refractivity contribution in [3.8, 4) is 61.5 Å². The quantitative estimate of drug-likeness (QED) is 0.0722. The summed E-state index contributed by atoms with van der Waals surface area (Å²) in [6.07, 6.45) is 25.6. The molecule has 6 aliphatic rings. The summed E-state index contributed by atoms with van der Waals surface area (Å²) in [5, 5.41) is 21.6. The third-order valence-corrected chi connectivity index (χ3v) is 26.3. The number of aryl methyl sites for hydroxylation is 5. The van der Waals surface area contributed by atoms with Crippen LogP contribution < -0.4 is 0 Å². The van der Waals surface area contributed by atoms with Gasteiger partial charge in [0.05, 0.1) is 90.5 Å². The molecule has 19 aromatic rings. The van der Waals surface area contributed by atoms with Gasteiger partial charge >= 0.3 is 0 Å². The molecule has 0 saturated carbocycles. The van der Waals surface area contributed by atoms with E-state index >= 15 is 0 Å². The van der Waals surface area contributed by atoms with Gasteiger partial charge in [0, 0.05) is 250 Å². The molecule has 8 aromatic carbocycles. The molecule has 0 radical (unpaired) electrons. The maximum Gasteiger partial charge on any atom is 0.273 e. The largest absolute Gasteiger partial charge is 0.330 e. The van der Waals surface area contributed by atoms with Crippen LogP contribution in [0.2, 0.25) is 0 Å². The maximum absolute atomic E-state index is 14.8. The van der Waals surface area contributed by atoms with E-state index in [9.17, 15) is 55.1 Å². The van der Waals surface area contributed by atoms with Crippen LogP contribution in [0.25, 0.3) is 72.4 Å². The number of carbonyl (C=O) groups excluding carboxylic acids is 6. The van der Waals surface area contributed by atoms with Crippen LogP contribution in [0.5, 0.6) is 0 Å². The Morgan fingerprint density at radius 3 is 1.07 bits per heavy atom. The molecule has 0 aliphatic carbocycles. The normalized spacial score (nSPS) is 13.4. The first-order chi connectivity index (χ1) is 71.3. The lowest BCUT2D eigenvalue weighted by Gasteiger charge is -2.16. The Morgan fingerprint density at radius 2 is 0.646 bits per heavy atom. The van der Waals surface area contributed by atoms with Gasteiger partial charge < -0.3 is 34.0 Å². The van der Waals surface area contributed by atoms with Gasteiger partial charge in [-0.25, -0.2) is 26.3 Å². The summed E-state index contributed by atoms with van der Waals surface area (Å²) in [6.45, 7) is 4.08. The molecule has 6 aliphatic heterocycles. The van der Waals surface area contributed by atoms with Gasteiger partial charge in [0.15, 0.2) is 0 Å². The number of hydrogen-bond donors (Lipinski definition) is 0. The van der Waals surface area contributed by atoms with Gasteiger partial charge in [0.2, 0.25) is 0 Å². The van der Waals surface area contributed by atoms with Crippen molar-refractivity contribution in [3.63, 3.8) is 0 Å². The number of carbonyl (C=O) groups is 6. The summed E-state index contributed by atoms with van der Waals surface area (Å²) in [5.74, 6) is -2.72. The second-order valence-corrected chi connectivity index (χ2v) is 36.1. The van der Waals surface area contributed by atoms with Crippen molar-refractivity contribution >= 4 is 46.3 Å². The summed E-state index contributed by atoms with van der Waals surface area (Å²) < 4.78 is 97.3. The first-order valence-electron chi connectivity index (χ1n) is 47.0. The Labute approximate surface area is 839 Å². The van der Waals surface area contributed by atoms with Crippen LogP contribution in [0.1, 0.15) is 130 Å². The lowest BCUT2D eigenvalue weighted by atomic mass is 10.0. The first kappa shape index (κ1) is 96.0. The monoisotopic (exact) mass is 1970 g/mol. The molecule has 147 heavy (non-hydrogen) atoms. The van der Waals surface area contributed by atoms with E-state index in [0.717, 1.165) is 94.7 Å². The zero-order chi connectivity index (χ0) is 102. The average molecular weight is 1970 g/mol. The minimum atomic E-state index is -0.437. The van der Waals surface area contributed by atoms with Gasteiger partial charge in [0.25, 0.3) is 35.4 Å². The number of hydrogen-bond acceptors (Lipinski definition) is 16. The Kier molecular flexibility index (Phi) is 27.2. The third kappa shape index (κ3) is 20.7. The van der Waals surface area contributed by atoms with Crippen LogP contribution in [0.4, 0.5) is 26.3 Å². The predicted octanol–water partition coefficient (Wildman–Crippen LogP) is 18.8. The SMILES string of the molecule is Cn1cc(-c2cnc(CN3Cc4ccccc4C3=O)c(F)c2)cn1.Cn1cc(-c2cnc(CN3Cc4cccnc4C3=O)c(F)c2)cn1.Cn1cc(-c2cnc(CN3Cc4ncccc4C3=O)c(F)c2)cn1.Cn1ncc2ccc(-c3ccc(CN4Cc5ccccc5C4=O)c(F)c3)cc21.Cn1nccc1-c1ccc(CN2Cc3ccccc3C2=O)c(F)c1.O=C1c2ccccc2CN1Cc1ccc(-n2cccc2)cc1F. The van der Waals surface area contributed by atoms with E-state index in [-0.39, 0.29) is 109 Å². The van der Waals surface area contributed by atoms with Crippen molar-refractivity contribution in [2.45, 2.75) is 78.5 Å². The Bertz CT molecular complexity index is 7930. The summed E-state index contributed by atoms with van der Waals surface area (Å²) in [7, 11) is 9.11. The number of fused-ring (bicyclic) bond motifs is 7. The van der Waals surface area contributed by atoms with Crippen LogP contribution >= 0.6 is 0 Å². The van der Waals surface area contributed by atoms with E-state index in [2.05, 4.69) is 50.4 Å². The zero-order valence-electron chi connectivity index (χ0n) is 80.1. The van der Waals surface area contributed by atoms with E-state index < -0.39 is 17.5 Å². The zero-order valence-corrected chi connectivity index (χ0v) is 80.1. The van der Waals surface area contributed by atoms with Gasteiger partial charge in [-0.05, 0) is 143 Å². The first-order valence-corrected chi connectivity index (χ1v) is 47.0. The molecule has 0 unspecified atom stereocenters. The highest BCUT2D eigenvalue weighted by Gasteiger charge is 2.35. The van der Waals surface area contributed by atoms with E-state index in [4.69, 9.17) is 0 Å². The fourth-order valence-electron chi connectivity index (χ4n) is 18.5. The summed E-state index contributed by atoms with van der Waals surface area (Å²) in [5.41, 5.74) is 21.2. The molecule has 0 atom stereocenters. The molecule has 28 nitrogen and oxygen atoms in total. The number of halogens is 6. The van der Waals surface area contributed by atoms with Crippen molar-refractivity contribution in [2.75, 3.05) is 0 Å². The predicted molar refractivity (Wildman–Crippen MR) is 535 cm³/mol. The number of nitrogens with zero attached hydrogens (tertiary/aromatic N) is 22. The summed E-state index contributed by atoms with van der Waals surface area (Å²) >= 11 is 0. The maximum atomic E-state index is 14.8. The lowest BCUT2D eigenvalue weighted by Crippen LogP contribution is -2.24. The topological polar surface area (TPSA) is 280 Å². The number of rotatable bonds is 18. The van der Waals surface area contributed by atoms with Crippen LogP contribution in [0.15, 0.2) is 323 Å². The fraction of sp³-hybridized carbons (Fsp3) is 0.150. The fourth-order valence-corrected chi connectivity index (χ4v) is 18.5. The van der Waals surface area contributed by atoms with E-state index in [1.165, 1.54) is 30.3 Å². The Balaban J connectivity index is 0.000000107. The van der Waals surface area contributed by atoms with Crippen LogP contribution in [0.3, 0.4) is 0 Å². The molecule has 0 N–H and O–H groups in total. The van der Waals surface area contributed by atoms with Gasteiger partial charge in [-0.3, -0.25) is 77.1 Å². The van der Waals surface area contributed by atoms with Crippen molar-refractivity contribution in [1.82, 2.24) is 108 Å².